The largest absolute Gasteiger partial charge is 0.373 e. The summed E-state index contributed by atoms with van der Waals surface area (Å²) < 4.78 is 25.1. The molecule has 0 atom stereocenters. The van der Waals surface area contributed by atoms with E-state index in [1.165, 1.54) is 24.0 Å². The molecule has 0 amide bonds. The molecule has 1 aliphatic heterocycles. The molecule has 2 aromatic rings. The molecule has 3 rings (SSSR count). The van der Waals surface area contributed by atoms with Crippen molar-refractivity contribution in [2.75, 3.05) is 26.2 Å². The Labute approximate surface area is 153 Å². The van der Waals surface area contributed by atoms with E-state index >= 15 is 0 Å². The van der Waals surface area contributed by atoms with E-state index in [2.05, 4.69) is 22.0 Å². The first-order valence-corrected chi connectivity index (χ1v) is 9.86. The van der Waals surface area contributed by atoms with Gasteiger partial charge in [-0.2, -0.15) is 5.26 Å². The Morgan fingerprint density at radius 2 is 1.77 bits per heavy atom. The minimum absolute atomic E-state index is 0.101. The topological polar surface area (TPSA) is 77.3 Å². The van der Waals surface area contributed by atoms with Gasteiger partial charge in [-0.15, -0.1) is 0 Å². The van der Waals surface area contributed by atoms with Gasteiger partial charge in [0.1, 0.15) is 6.07 Å². The second kappa shape index (κ2) is 8.13. The molecular weight excluding hydrogens is 348 g/mol. The summed E-state index contributed by atoms with van der Waals surface area (Å²) in [6.07, 6.45) is 2.86. The van der Waals surface area contributed by atoms with Crippen molar-refractivity contribution in [3.05, 3.63) is 71.4 Å². The zero-order valence-corrected chi connectivity index (χ0v) is 15.1. The Morgan fingerprint density at radius 1 is 1.08 bits per heavy atom. The minimum atomic E-state index is -3.88. The Morgan fingerprint density at radius 3 is 2.38 bits per heavy atom. The van der Waals surface area contributed by atoms with Gasteiger partial charge in [0.05, 0.1) is 0 Å². The van der Waals surface area contributed by atoms with Gasteiger partial charge >= 0.3 is 0 Å². The summed E-state index contributed by atoms with van der Waals surface area (Å²) in [4.78, 5) is 7.80. The lowest BCUT2D eigenvalue weighted by atomic mass is 10.2. The predicted octanol–water partition coefficient (Wildman–Crippen LogP) is 2.04. The molecule has 134 valence electrons. The number of sulfone groups is 1. The lowest BCUT2D eigenvalue weighted by molar-refractivity contribution is 0.162. The molecule has 0 N–H and O–H groups in total. The van der Waals surface area contributed by atoms with Crippen molar-refractivity contribution in [2.45, 2.75) is 11.6 Å². The fourth-order valence-electron chi connectivity index (χ4n) is 2.84. The van der Waals surface area contributed by atoms with Gasteiger partial charge in [-0.05, 0) is 17.7 Å². The van der Waals surface area contributed by atoms with Crippen molar-refractivity contribution in [1.82, 2.24) is 14.8 Å². The fourth-order valence-corrected chi connectivity index (χ4v) is 3.93. The zero-order chi connectivity index (χ0) is 18.4. The van der Waals surface area contributed by atoms with Gasteiger partial charge in [-0.1, -0.05) is 36.4 Å². The van der Waals surface area contributed by atoms with E-state index in [4.69, 9.17) is 0 Å². The third-order valence-electron chi connectivity index (χ3n) is 4.27. The second-order valence-electron chi connectivity index (χ2n) is 6.07. The second-order valence-corrected chi connectivity index (χ2v) is 7.94. The summed E-state index contributed by atoms with van der Waals surface area (Å²) in [7, 11) is -3.88. The number of hydrogen-bond donors (Lipinski definition) is 0. The Hall–Kier alpha value is -2.69. The number of pyridine rings is 1. The van der Waals surface area contributed by atoms with Crippen LogP contribution >= 0.6 is 0 Å². The molecular formula is C19H20N4O2S. The predicted molar refractivity (Wildman–Crippen MR) is 98.4 cm³/mol. The maximum atomic E-state index is 12.6. The van der Waals surface area contributed by atoms with Crippen molar-refractivity contribution >= 4 is 9.84 Å². The number of rotatable bonds is 5. The molecule has 0 bridgehead atoms. The Kier molecular flexibility index (Phi) is 5.66. The quantitative estimate of drug-likeness (QED) is 0.752. The van der Waals surface area contributed by atoms with Gasteiger partial charge in [-0.25, -0.2) is 13.4 Å². The van der Waals surface area contributed by atoms with Crippen LogP contribution in [0.15, 0.2) is 70.9 Å². The summed E-state index contributed by atoms with van der Waals surface area (Å²) in [5, 5.41) is 9.24. The van der Waals surface area contributed by atoms with Crippen LogP contribution in [0.25, 0.3) is 0 Å². The number of piperazine rings is 1. The van der Waals surface area contributed by atoms with Crippen LogP contribution in [-0.2, 0) is 16.4 Å². The highest BCUT2D eigenvalue weighted by Gasteiger charge is 2.24. The van der Waals surface area contributed by atoms with Crippen LogP contribution in [0, 0.1) is 11.3 Å². The minimum Gasteiger partial charge on any atom is -0.373 e. The van der Waals surface area contributed by atoms with E-state index in [0.29, 0.717) is 13.1 Å². The molecule has 1 aromatic heterocycles. The van der Waals surface area contributed by atoms with Crippen LogP contribution in [0.2, 0.25) is 0 Å². The van der Waals surface area contributed by atoms with Crippen LogP contribution in [0.1, 0.15) is 5.56 Å². The monoisotopic (exact) mass is 368 g/mol. The summed E-state index contributed by atoms with van der Waals surface area (Å²) in [6.45, 7) is 3.85. The molecule has 1 saturated heterocycles. The first-order chi connectivity index (χ1) is 12.6. The average molecular weight is 368 g/mol. The zero-order valence-electron chi connectivity index (χ0n) is 14.3. The molecule has 6 nitrogen and oxygen atoms in total. The molecule has 1 aliphatic rings. The standard InChI is InChI=1S/C19H20N4O2S/c20-14-18(26(24,25)19-8-4-5-9-21-19)16-23-12-10-22(11-13-23)15-17-6-2-1-3-7-17/h1-9,16H,10-13,15H2/b18-16+. The Bertz CT molecular complexity index is 898. The SMILES string of the molecule is N#C/C(=C\N1CCN(Cc2ccccc2)CC1)S(=O)(=O)c1ccccn1. The summed E-state index contributed by atoms with van der Waals surface area (Å²) in [5.41, 5.74) is 1.26. The molecule has 0 radical (unpaired) electrons. The van der Waals surface area contributed by atoms with Crippen molar-refractivity contribution in [1.29, 1.82) is 5.26 Å². The molecule has 7 heteroatoms. The van der Waals surface area contributed by atoms with E-state index in [0.717, 1.165) is 19.6 Å². The van der Waals surface area contributed by atoms with Crippen LogP contribution < -0.4 is 0 Å². The molecule has 0 aliphatic carbocycles. The fraction of sp³-hybridized carbons (Fsp3) is 0.263. The van der Waals surface area contributed by atoms with Crippen molar-refractivity contribution < 1.29 is 8.42 Å². The first-order valence-electron chi connectivity index (χ1n) is 8.38. The van der Waals surface area contributed by atoms with Crippen LogP contribution in [0.3, 0.4) is 0 Å². The van der Waals surface area contributed by atoms with Gasteiger partial charge in [-0.3, -0.25) is 4.90 Å². The maximum absolute atomic E-state index is 12.6. The highest BCUT2D eigenvalue weighted by Crippen LogP contribution is 2.18. The molecule has 1 fully saturated rings. The number of aromatic nitrogens is 1. The summed E-state index contributed by atoms with van der Waals surface area (Å²) >= 11 is 0. The molecule has 1 aromatic carbocycles. The highest BCUT2D eigenvalue weighted by molar-refractivity contribution is 7.95. The van der Waals surface area contributed by atoms with Gasteiger partial charge in [0.25, 0.3) is 0 Å². The number of hydrogen-bond acceptors (Lipinski definition) is 6. The first kappa shape index (κ1) is 18.1. The summed E-state index contributed by atoms with van der Waals surface area (Å²) in [5.74, 6) is 0. The summed E-state index contributed by atoms with van der Waals surface area (Å²) in [6, 6.07) is 16.7. The van der Waals surface area contributed by atoms with Crippen LogP contribution in [0.5, 0.6) is 0 Å². The lowest BCUT2D eigenvalue weighted by Gasteiger charge is -2.34. The maximum Gasteiger partial charge on any atom is 0.235 e. The van der Waals surface area contributed by atoms with E-state index < -0.39 is 9.84 Å². The molecule has 2 heterocycles. The van der Waals surface area contributed by atoms with Gasteiger partial charge < -0.3 is 4.90 Å². The number of nitrogens with zero attached hydrogens (tertiary/aromatic N) is 4. The van der Waals surface area contributed by atoms with Crippen LogP contribution in [-0.4, -0.2) is 49.4 Å². The molecule has 0 spiro atoms. The van der Waals surface area contributed by atoms with Gasteiger partial charge in [0.2, 0.25) is 9.84 Å². The van der Waals surface area contributed by atoms with Crippen molar-refractivity contribution in [2.24, 2.45) is 0 Å². The van der Waals surface area contributed by atoms with E-state index in [-0.39, 0.29) is 9.93 Å². The number of nitriles is 1. The van der Waals surface area contributed by atoms with Crippen LogP contribution in [0.4, 0.5) is 0 Å². The van der Waals surface area contributed by atoms with E-state index in [1.54, 1.807) is 12.1 Å². The van der Waals surface area contributed by atoms with Crippen molar-refractivity contribution in [3.63, 3.8) is 0 Å². The van der Waals surface area contributed by atoms with Gasteiger partial charge in [0, 0.05) is 45.1 Å². The number of allylic oxidation sites excluding steroid dienone is 1. The highest BCUT2D eigenvalue weighted by atomic mass is 32.2. The molecule has 0 saturated carbocycles. The smallest absolute Gasteiger partial charge is 0.235 e. The molecule has 26 heavy (non-hydrogen) atoms. The van der Waals surface area contributed by atoms with Crippen molar-refractivity contribution in [3.8, 4) is 6.07 Å². The third-order valence-corrected chi connectivity index (χ3v) is 5.84. The Balaban J connectivity index is 1.66. The average Bonchev–Trinajstić information content (AvgIpc) is 2.68. The normalized spacial score (nSPS) is 16.3. The van der Waals surface area contributed by atoms with Gasteiger partial charge in [0.15, 0.2) is 9.93 Å². The van der Waals surface area contributed by atoms with E-state index in [9.17, 15) is 13.7 Å². The number of benzene rings is 1. The van der Waals surface area contributed by atoms with E-state index in [1.807, 2.05) is 29.2 Å². The third kappa shape index (κ3) is 4.28. The molecule has 0 unspecified atom stereocenters. The lowest BCUT2D eigenvalue weighted by Crippen LogP contribution is -2.43.